The SMILES string of the molecule is COc1cccc(C(=O)OCc2nc(-c3ccc(Br)cc3)no2)c1. The minimum atomic E-state index is -0.489. The third-order valence-electron chi connectivity index (χ3n) is 3.20. The Labute approximate surface area is 146 Å². The van der Waals surface area contributed by atoms with Gasteiger partial charge in [-0.15, -0.1) is 0 Å². The van der Waals surface area contributed by atoms with Crippen LogP contribution >= 0.6 is 15.9 Å². The summed E-state index contributed by atoms with van der Waals surface area (Å²) in [6.45, 7) is -0.0976. The van der Waals surface area contributed by atoms with E-state index >= 15 is 0 Å². The summed E-state index contributed by atoms with van der Waals surface area (Å²) in [6, 6.07) is 14.2. The number of nitrogens with zero attached hydrogens (tertiary/aromatic N) is 2. The minimum Gasteiger partial charge on any atom is -0.497 e. The van der Waals surface area contributed by atoms with Gasteiger partial charge in [-0.3, -0.25) is 0 Å². The van der Waals surface area contributed by atoms with Gasteiger partial charge in [0.2, 0.25) is 5.82 Å². The molecule has 0 saturated carbocycles. The van der Waals surface area contributed by atoms with E-state index in [9.17, 15) is 4.79 Å². The molecule has 0 aliphatic heterocycles. The van der Waals surface area contributed by atoms with Crippen LogP contribution in [0, 0.1) is 0 Å². The number of carbonyl (C=O) groups is 1. The predicted octanol–water partition coefficient (Wildman–Crippen LogP) is 3.86. The Morgan fingerprint density at radius 3 is 2.75 bits per heavy atom. The van der Waals surface area contributed by atoms with Crippen LogP contribution in [0.4, 0.5) is 0 Å². The number of halogens is 1. The molecule has 1 heterocycles. The van der Waals surface area contributed by atoms with E-state index in [1.807, 2.05) is 24.3 Å². The van der Waals surface area contributed by atoms with Crippen LogP contribution in [0.2, 0.25) is 0 Å². The summed E-state index contributed by atoms with van der Waals surface area (Å²) in [5, 5.41) is 3.88. The fraction of sp³-hybridized carbons (Fsp3) is 0.118. The Balaban J connectivity index is 1.64. The largest absolute Gasteiger partial charge is 0.497 e. The molecule has 0 N–H and O–H groups in total. The fourth-order valence-electron chi connectivity index (χ4n) is 1.99. The summed E-state index contributed by atoms with van der Waals surface area (Å²) in [5.41, 5.74) is 1.20. The summed E-state index contributed by atoms with van der Waals surface area (Å²) in [5.74, 6) is 0.760. The highest BCUT2D eigenvalue weighted by molar-refractivity contribution is 9.10. The first-order valence-corrected chi connectivity index (χ1v) is 7.85. The van der Waals surface area contributed by atoms with E-state index in [4.69, 9.17) is 14.0 Å². The van der Waals surface area contributed by atoms with Crippen molar-refractivity contribution < 1.29 is 18.8 Å². The maximum atomic E-state index is 12.0. The minimum absolute atomic E-state index is 0.0976. The summed E-state index contributed by atoms with van der Waals surface area (Å²) in [7, 11) is 1.53. The predicted molar refractivity (Wildman–Crippen MR) is 89.5 cm³/mol. The molecule has 0 fully saturated rings. The second-order valence-corrected chi connectivity index (χ2v) is 5.74. The molecule has 0 aliphatic rings. The average Bonchev–Trinajstić information content (AvgIpc) is 3.09. The van der Waals surface area contributed by atoms with Crippen molar-refractivity contribution in [2.75, 3.05) is 7.11 Å². The van der Waals surface area contributed by atoms with E-state index in [2.05, 4.69) is 26.1 Å². The first-order valence-electron chi connectivity index (χ1n) is 7.05. The van der Waals surface area contributed by atoms with Crippen molar-refractivity contribution >= 4 is 21.9 Å². The highest BCUT2D eigenvalue weighted by atomic mass is 79.9. The standard InChI is InChI=1S/C17H13BrN2O4/c1-22-14-4-2-3-12(9-14)17(21)23-10-15-19-16(20-24-15)11-5-7-13(18)8-6-11/h2-9H,10H2,1H3. The van der Waals surface area contributed by atoms with Gasteiger partial charge in [0, 0.05) is 10.0 Å². The summed E-state index contributed by atoms with van der Waals surface area (Å²) in [4.78, 5) is 16.2. The van der Waals surface area contributed by atoms with Gasteiger partial charge in [0.1, 0.15) is 5.75 Å². The maximum absolute atomic E-state index is 12.0. The monoisotopic (exact) mass is 388 g/mol. The average molecular weight is 389 g/mol. The summed E-state index contributed by atoms with van der Waals surface area (Å²) in [6.07, 6.45) is 0. The fourth-order valence-corrected chi connectivity index (χ4v) is 2.25. The van der Waals surface area contributed by atoms with E-state index in [0.717, 1.165) is 10.0 Å². The molecular formula is C17H13BrN2O4. The van der Waals surface area contributed by atoms with Crippen molar-refractivity contribution in [3.8, 4) is 17.1 Å². The molecule has 1 aromatic heterocycles. The smallest absolute Gasteiger partial charge is 0.338 e. The molecule has 24 heavy (non-hydrogen) atoms. The Hall–Kier alpha value is -2.67. The van der Waals surface area contributed by atoms with Crippen LogP contribution in [0.3, 0.4) is 0 Å². The first-order chi connectivity index (χ1) is 11.7. The molecular weight excluding hydrogens is 376 g/mol. The number of rotatable bonds is 5. The van der Waals surface area contributed by atoms with Gasteiger partial charge in [-0.2, -0.15) is 4.98 Å². The molecule has 0 saturated heterocycles. The molecule has 0 spiro atoms. The van der Waals surface area contributed by atoms with Gasteiger partial charge in [-0.05, 0) is 42.5 Å². The Bertz CT molecular complexity index is 846. The molecule has 2 aromatic carbocycles. The molecule has 0 radical (unpaired) electrons. The lowest BCUT2D eigenvalue weighted by atomic mass is 10.2. The number of methoxy groups -OCH3 is 1. The normalized spacial score (nSPS) is 10.4. The molecule has 3 rings (SSSR count). The molecule has 0 aliphatic carbocycles. The quantitative estimate of drug-likeness (QED) is 0.617. The van der Waals surface area contributed by atoms with Gasteiger partial charge in [0.25, 0.3) is 5.89 Å². The van der Waals surface area contributed by atoms with Crippen molar-refractivity contribution in [3.05, 3.63) is 64.5 Å². The van der Waals surface area contributed by atoms with Crippen molar-refractivity contribution in [3.63, 3.8) is 0 Å². The van der Waals surface area contributed by atoms with Gasteiger partial charge in [0.15, 0.2) is 6.61 Å². The Kier molecular flexibility index (Phi) is 4.90. The molecule has 0 amide bonds. The number of hydrogen-bond donors (Lipinski definition) is 0. The molecule has 3 aromatic rings. The van der Waals surface area contributed by atoms with Gasteiger partial charge in [-0.25, -0.2) is 4.79 Å². The van der Waals surface area contributed by atoms with Crippen LogP contribution in [-0.2, 0) is 11.3 Å². The first kappa shape index (κ1) is 16.2. The Morgan fingerprint density at radius 1 is 1.21 bits per heavy atom. The summed E-state index contributed by atoms with van der Waals surface area (Å²) >= 11 is 3.37. The summed E-state index contributed by atoms with van der Waals surface area (Å²) < 4.78 is 16.3. The lowest BCUT2D eigenvalue weighted by Gasteiger charge is -2.04. The number of aromatic nitrogens is 2. The van der Waals surface area contributed by atoms with Gasteiger partial charge in [0.05, 0.1) is 12.7 Å². The molecule has 0 unspecified atom stereocenters. The highest BCUT2D eigenvalue weighted by Crippen LogP contribution is 2.19. The van der Waals surface area contributed by atoms with E-state index in [1.165, 1.54) is 7.11 Å². The molecule has 7 heteroatoms. The van der Waals surface area contributed by atoms with Crippen molar-refractivity contribution in [1.82, 2.24) is 10.1 Å². The second kappa shape index (κ2) is 7.27. The van der Waals surface area contributed by atoms with Gasteiger partial charge in [-0.1, -0.05) is 27.2 Å². The zero-order valence-electron chi connectivity index (χ0n) is 12.7. The van der Waals surface area contributed by atoms with E-state index in [1.54, 1.807) is 24.3 Å². The topological polar surface area (TPSA) is 74.5 Å². The van der Waals surface area contributed by atoms with Crippen LogP contribution in [0.5, 0.6) is 5.75 Å². The van der Waals surface area contributed by atoms with Gasteiger partial charge >= 0.3 is 5.97 Å². The number of carbonyl (C=O) groups excluding carboxylic acids is 1. The lowest BCUT2D eigenvalue weighted by molar-refractivity contribution is 0.0429. The van der Waals surface area contributed by atoms with Crippen LogP contribution in [-0.4, -0.2) is 23.2 Å². The van der Waals surface area contributed by atoms with Crippen LogP contribution in [0.1, 0.15) is 16.2 Å². The van der Waals surface area contributed by atoms with Crippen molar-refractivity contribution in [2.45, 2.75) is 6.61 Å². The second-order valence-electron chi connectivity index (χ2n) is 4.83. The number of ether oxygens (including phenoxy) is 2. The molecule has 0 bridgehead atoms. The number of esters is 1. The zero-order valence-corrected chi connectivity index (χ0v) is 14.3. The van der Waals surface area contributed by atoms with Crippen LogP contribution < -0.4 is 4.74 Å². The lowest BCUT2D eigenvalue weighted by Crippen LogP contribution is -2.05. The maximum Gasteiger partial charge on any atom is 0.338 e. The van der Waals surface area contributed by atoms with Crippen molar-refractivity contribution in [1.29, 1.82) is 0 Å². The molecule has 6 nitrogen and oxygen atoms in total. The molecule has 122 valence electrons. The molecule has 0 atom stereocenters. The number of benzene rings is 2. The third kappa shape index (κ3) is 3.80. The van der Waals surface area contributed by atoms with Crippen LogP contribution in [0.15, 0.2) is 57.5 Å². The third-order valence-corrected chi connectivity index (χ3v) is 3.73. The van der Waals surface area contributed by atoms with Crippen molar-refractivity contribution in [2.24, 2.45) is 0 Å². The van der Waals surface area contributed by atoms with Gasteiger partial charge < -0.3 is 14.0 Å². The zero-order chi connectivity index (χ0) is 16.9. The van der Waals surface area contributed by atoms with E-state index in [-0.39, 0.29) is 12.5 Å². The Morgan fingerprint density at radius 2 is 2.00 bits per heavy atom. The highest BCUT2D eigenvalue weighted by Gasteiger charge is 2.13. The number of hydrogen-bond acceptors (Lipinski definition) is 6. The van der Waals surface area contributed by atoms with E-state index < -0.39 is 5.97 Å². The van der Waals surface area contributed by atoms with E-state index in [0.29, 0.717) is 17.1 Å². The van der Waals surface area contributed by atoms with Crippen LogP contribution in [0.25, 0.3) is 11.4 Å².